The number of methoxy groups -OCH3 is 1. The Morgan fingerprint density at radius 1 is 1.44 bits per heavy atom. The molecule has 6 nitrogen and oxygen atoms in total. The first-order valence-corrected chi connectivity index (χ1v) is 9.33. The van der Waals surface area contributed by atoms with Crippen LogP contribution in [0.3, 0.4) is 0 Å². The molecule has 1 saturated carbocycles. The minimum atomic E-state index is -0.579. The highest BCUT2D eigenvalue weighted by Crippen LogP contribution is 2.34. The number of carbonyl (C=O) groups excluding carboxylic acids is 1. The molecule has 1 aromatic rings. The van der Waals surface area contributed by atoms with Crippen LogP contribution in [-0.2, 0) is 27.1 Å². The van der Waals surface area contributed by atoms with Crippen molar-refractivity contribution in [3.8, 4) is 0 Å². The molecule has 1 aromatic heterocycles. The summed E-state index contributed by atoms with van der Waals surface area (Å²) < 4.78 is 10.4. The molecule has 3 rings (SSSR count). The van der Waals surface area contributed by atoms with Crippen LogP contribution in [0.15, 0.2) is 12.1 Å². The molecule has 1 aliphatic carbocycles. The molecule has 2 heterocycles. The molecule has 25 heavy (non-hydrogen) atoms. The number of carbonyl (C=O) groups is 1. The van der Waals surface area contributed by atoms with Gasteiger partial charge in [0.25, 0.3) is 0 Å². The number of hydrogen-bond donors (Lipinski definition) is 2. The summed E-state index contributed by atoms with van der Waals surface area (Å²) in [5.41, 5.74) is 8.22. The van der Waals surface area contributed by atoms with Crippen LogP contribution in [-0.4, -0.2) is 43.4 Å². The molecule has 1 aliphatic heterocycles. The van der Waals surface area contributed by atoms with Crippen molar-refractivity contribution in [2.24, 2.45) is 11.7 Å². The lowest BCUT2D eigenvalue weighted by Crippen LogP contribution is -2.36. The number of aromatic nitrogens is 1. The van der Waals surface area contributed by atoms with E-state index in [2.05, 4.69) is 22.2 Å². The fraction of sp³-hybridized carbons (Fsp3) is 0.684. The summed E-state index contributed by atoms with van der Waals surface area (Å²) in [6, 6.07) is 3.82. The van der Waals surface area contributed by atoms with E-state index in [1.54, 1.807) is 0 Å². The van der Waals surface area contributed by atoms with E-state index in [0.717, 1.165) is 44.5 Å². The molecular formula is C19H29N3O3. The van der Waals surface area contributed by atoms with Crippen LogP contribution in [0, 0.1) is 5.92 Å². The first-order chi connectivity index (χ1) is 12.2. The highest BCUT2D eigenvalue weighted by Gasteiger charge is 2.29. The van der Waals surface area contributed by atoms with Gasteiger partial charge in [0.2, 0.25) is 0 Å². The lowest BCUT2D eigenvalue weighted by Gasteiger charge is -2.35. The van der Waals surface area contributed by atoms with E-state index in [1.165, 1.54) is 24.8 Å². The van der Waals surface area contributed by atoms with Gasteiger partial charge in [0.15, 0.2) is 0 Å². The van der Waals surface area contributed by atoms with Gasteiger partial charge >= 0.3 is 5.97 Å². The number of anilines is 1. The van der Waals surface area contributed by atoms with Crippen LogP contribution >= 0.6 is 0 Å². The van der Waals surface area contributed by atoms with E-state index >= 15 is 0 Å². The number of esters is 1. The SMILES string of the molecule is COC(=O)[C@@H](N)CCO[C@H]1C[C@H](CCc2ccc3c(n2)NCCC3)C1. The summed E-state index contributed by atoms with van der Waals surface area (Å²) in [6.07, 6.45) is 7.53. The van der Waals surface area contributed by atoms with Crippen molar-refractivity contribution in [3.63, 3.8) is 0 Å². The molecule has 0 unspecified atom stereocenters. The fourth-order valence-electron chi connectivity index (χ4n) is 3.54. The first kappa shape index (κ1) is 18.1. The summed E-state index contributed by atoms with van der Waals surface area (Å²) in [6.45, 7) is 1.55. The highest BCUT2D eigenvalue weighted by molar-refractivity contribution is 5.75. The van der Waals surface area contributed by atoms with Gasteiger partial charge < -0.3 is 20.5 Å². The fourth-order valence-corrected chi connectivity index (χ4v) is 3.54. The van der Waals surface area contributed by atoms with Crippen LogP contribution in [0.5, 0.6) is 0 Å². The van der Waals surface area contributed by atoms with Gasteiger partial charge in [-0.3, -0.25) is 4.79 Å². The molecule has 3 N–H and O–H groups in total. The van der Waals surface area contributed by atoms with Crippen LogP contribution in [0.2, 0.25) is 0 Å². The molecule has 0 aromatic carbocycles. The third-order valence-electron chi connectivity index (χ3n) is 5.24. The molecule has 138 valence electrons. The zero-order valence-corrected chi connectivity index (χ0v) is 15.0. The topological polar surface area (TPSA) is 86.5 Å². The number of pyridine rings is 1. The zero-order valence-electron chi connectivity index (χ0n) is 15.0. The number of nitrogens with one attached hydrogen (secondary N) is 1. The monoisotopic (exact) mass is 347 g/mol. The average Bonchev–Trinajstić information content (AvgIpc) is 2.61. The predicted octanol–water partition coefficient (Wildman–Crippen LogP) is 2.06. The van der Waals surface area contributed by atoms with Crippen molar-refractivity contribution in [2.45, 2.75) is 57.1 Å². The van der Waals surface area contributed by atoms with Crippen LogP contribution in [0.4, 0.5) is 5.82 Å². The minimum Gasteiger partial charge on any atom is -0.468 e. The number of ether oxygens (including phenoxy) is 2. The molecule has 2 aliphatic rings. The summed E-state index contributed by atoms with van der Waals surface area (Å²) >= 11 is 0. The van der Waals surface area contributed by atoms with E-state index in [4.69, 9.17) is 15.5 Å². The lowest BCUT2D eigenvalue weighted by molar-refractivity contribution is -0.143. The standard InChI is InChI=1S/C19H29N3O3/c1-24-19(23)17(20)8-10-25-16-11-13(12-16)4-6-15-7-5-14-3-2-9-21-18(14)22-15/h5,7,13,16-17H,2-4,6,8-12,20H2,1H3,(H,21,22)/t13-,16-,17-/m0/s1. The molecule has 6 heteroatoms. The van der Waals surface area contributed by atoms with Gasteiger partial charge in [0.05, 0.1) is 13.2 Å². The summed E-state index contributed by atoms with van der Waals surface area (Å²) in [7, 11) is 1.35. The molecule has 0 amide bonds. The maximum atomic E-state index is 11.2. The number of rotatable bonds is 8. The first-order valence-electron chi connectivity index (χ1n) is 9.33. The molecule has 0 spiro atoms. The molecule has 1 fully saturated rings. The Morgan fingerprint density at radius 3 is 3.08 bits per heavy atom. The number of nitrogens with two attached hydrogens (primary N) is 1. The van der Waals surface area contributed by atoms with Crippen molar-refractivity contribution >= 4 is 11.8 Å². The number of aryl methyl sites for hydroxylation is 2. The van der Waals surface area contributed by atoms with Gasteiger partial charge in [-0.2, -0.15) is 0 Å². The Bertz CT molecular complexity index is 587. The molecule has 0 saturated heterocycles. The van der Waals surface area contributed by atoms with Crippen molar-refractivity contribution in [1.29, 1.82) is 0 Å². The van der Waals surface area contributed by atoms with Gasteiger partial charge in [0.1, 0.15) is 11.9 Å². The van der Waals surface area contributed by atoms with E-state index in [-0.39, 0.29) is 5.97 Å². The van der Waals surface area contributed by atoms with Gasteiger partial charge in [-0.15, -0.1) is 0 Å². The second-order valence-electron chi connectivity index (χ2n) is 7.13. The lowest BCUT2D eigenvalue weighted by atomic mass is 9.79. The van der Waals surface area contributed by atoms with E-state index < -0.39 is 6.04 Å². The highest BCUT2D eigenvalue weighted by atomic mass is 16.5. The maximum Gasteiger partial charge on any atom is 0.322 e. The molecular weight excluding hydrogens is 318 g/mol. The Kier molecular flexibility index (Phi) is 6.26. The van der Waals surface area contributed by atoms with Crippen molar-refractivity contribution in [1.82, 2.24) is 4.98 Å². The molecule has 1 atom stereocenters. The number of nitrogens with zero attached hydrogens (tertiary/aromatic N) is 1. The smallest absolute Gasteiger partial charge is 0.322 e. The summed E-state index contributed by atoms with van der Waals surface area (Å²) in [5, 5.41) is 3.40. The third kappa shape index (κ3) is 4.92. The van der Waals surface area contributed by atoms with Crippen LogP contribution in [0.1, 0.15) is 43.4 Å². The molecule has 0 bridgehead atoms. The second-order valence-corrected chi connectivity index (χ2v) is 7.13. The zero-order chi connectivity index (χ0) is 17.6. The van der Waals surface area contributed by atoms with Gasteiger partial charge in [-0.1, -0.05) is 6.07 Å². The Morgan fingerprint density at radius 2 is 2.28 bits per heavy atom. The largest absolute Gasteiger partial charge is 0.468 e. The van der Waals surface area contributed by atoms with Crippen LogP contribution < -0.4 is 11.1 Å². The van der Waals surface area contributed by atoms with Crippen molar-refractivity contribution in [2.75, 3.05) is 25.6 Å². The predicted molar refractivity (Wildman–Crippen MR) is 96.4 cm³/mol. The third-order valence-corrected chi connectivity index (χ3v) is 5.24. The summed E-state index contributed by atoms with van der Waals surface area (Å²) in [5.74, 6) is 1.42. The van der Waals surface area contributed by atoms with E-state index in [0.29, 0.717) is 25.0 Å². The average molecular weight is 347 g/mol. The van der Waals surface area contributed by atoms with Gasteiger partial charge in [-0.25, -0.2) is 4.98 Å². The van der Waals surface area contributed by atoms with Crippen LogP contribution in [0.25, 0.3) is 0 Å². The number of fused-ring (bicyclic) bond motifs is 1. The molecule has 0 radical (unpaired) electrons. The normalized spacial score (nSPS) is 23.1. The summed E-state index contributed by atoms with van der Waals surface area (Å²) in [4.78, 5) is 16.0. The van der Waals surface area contributed by atoms with Crippen molar-refractivity contribution in [3.05, 3.63) is 23.4 Å². The quantitative estimate of drug-likeness (QED) is 0.700. The Hall–Kier alpha value is -1.66. The number of hydrogen-bond acceptors (Lipinski definition) is 6. The Balaban J connectivity index is 1.31. The van der Waals surface area contributed by atoms with Gasteiger partial charge in [-0.05, 0) is 62.5 Å². The van der Waals surface area contributed by atoms with E-state index in [1.807, 2.05) is 0 Å². The van der Waals surface area contributed by atoms with E-state index in [9.17, 15) is 4.79 Å². The minimum absolute atomic E-state index is 0.313. The van der Waals surface area contributed by atoms with Crippen molar-refractivity contribution < 1.29 is 14.3 Å². The maximum absolute atomic E-state index is 11.2. The second kappa shape index (κ2) is 8.63. The van der Waals surface area contributed by atoms with Gasteiger partial charge in [0, 0.05) is 18.8 Å². The Labute approximate surface area is 149 Å².